The van der Waals surface area contributed by atoms with E-state index in [-0.39, 0.29) is 30.5 Å². The Hall–Kier alpha value is -3.65. The van der Waals surface area contributed by atoms with Crippen LogP contribution in [0.4, 0.5) is 0 Å². The first-order valence-corrected chi connectivity index (χ1v) is 15.6. The van der Waals surface area contributed by atoms with Gasteiger partial charge in [-0.3, -0.25) is 9.36 Å². The van der Waals surface area contributed by atoms with Crippen molar-refractivity contribution >= 4 is 51.9 Å². The summed E-state index contributed by atoms with van der Waals surface area (Å²) in [4.78, 5) is 44.1. The molecule has 0 aliphatic carbocycles. The number of aromatic nitrogens is 1. The monoisotopic (exact) mass is 720 g/mol. The van der Waals surface area contributed by atoms with Gasteiger partial charge in [0.15, 0.2) is 22.9 Å². The van der Waals surface area contributed by atoms with Gasteiger partial charge in [-0.05, 0) is 87.0 Å². The van der Waals surface area contributed by atoms with Crippen molar-refractivity contribution < 1.29 is 33.3 Å². The van der Waals surface area contributed by atoms with Gasteiger partial charge in [0.05, 0.1) is 45.8 Å². The van der Waals surface area contributed by atoms with Crippen molar-refractivity contribution in [3.63, 3.8) is 0 Å². The molecule has 12 heteroatoms. The van der Waals surface area contributed by atoms with Gasteiger partial charge in [0.1, 0.15) is 11.8 Å². The zero-order chi connectivity index (χ0) is 31.3. The Morgan fingerprint density at radius 2 is 1.86 bits per heavy atom. The highest BCUT2D eigenvalue weighted by molar-refractivity contribution is 14.1. The molecule has 0 saturated heterocycles. The third-order valence-corrected chi connectivity index (χ3v) is 8.07. The van der Waals surface area contributed by atoms with E-state index >= 15 is 0 Å². The lowest BCUT2D eigenvalue weighted by Crippen LogP contribution is -2.40. The average molecular weight is 721 g/mol. The largest absolute Gasteiger partial charge is 0.491 e. The predicted octanol–water partition coefficient (Wildman–Crippen LogP) is 4.14. The second-order valence-electron chi connectivity index (χ2n) is 9.63. The van der Waals surface area contributed by atoms with Crippen molar-refractivity contribution in [3.8, 4) is 17.2 Å². The molecule has 0 bridgehead atoms. The van der Waals surface area contributed by atoms with E-state index in [1.165, 1.54) is 23.0 Å². The smallest absolute Gasteiger partial charge is 0.343 e. The third kappa shape index (κ3) is 7.12. The fourth-order valence-corrected chi connectivity index (χ4v) is 6.40. The summed E-state index contributed by atoms with van der Waals surface area (Å²) < 4.78 is 30.3. The number of methoxy groups -OCH3 is 1. The van der Waals surface area contributed by atoms with Gasteiger partial charge < -0.3 is 23.7 Å². The lowest BCUT2D eigenvalue weighted by molar-refractivity contribution is -0.143. The van der Waals surface area contributed by atoms with Crippen LogP contribution in [0.5, 0.6) is 17.2 Å². The number of allylic oxidation sites excluding steroid dienone is 1. The van der Waals surface area contributed by atoms with E-state index in [4.69, 9.17) is 18.9 Å². The number of ether oxygens (including phenoxy) is 5. The summed E-state index contributed by atoms with van der Waals surface area (Å²) in [5.41, 5.74) is 1.77. The van der Waals surface area contributed by atoms with Crippen LogP contribution in [0.15, 0.2) is 57.5 Å². The van der Waals surface area contributed by atoms with E-state index in [1.54, 1.807) is 26.0 Å². The fourth-order valence-electron chi connectivity index (χ4n) is 4.57. The number of esters is 2. The maximum Gasteiger partial charge on any atom is 0.343 e. The van der Waals surface area contributed by atoms with E-state index in [0.29, 0.717) is 53.6 Å². The molecule has 1 aliphatic rings. The molecule has 228 valence electrons. The molecule has 1 aliphatic heterocycles. The van der Waals surface area contributed by atoms with Crippen molar-refractivity contribution in [3.05, 3.63) is 82.1 Å². The van der Waals surface area contributed by atoms with Gasteiger partial charge in [-0.15, -0.1) is 0 Å². The van der Waals surface area contributed by atoms with Gasteiger partial charge in [-0.25, -0.2) is 14.6 Å². The fraction of sp³-hybridized carbons (Fsp3) is 0.355. The first-order chi connectivity index (χ1) is 20.6. The van der Waals surface area contributed by atoms with Crippen LogP contribution in [-0.2, 0) is 19.1 Å². The average Bonchev–Trinajstić information content (AvgIpc) is 3.25. The van der Waals surface area contributed by atoms with Crippen LogP contribution in [0.25, 0.3) is 6.08 Å². The predicted molar refractivity (Wildman–Crippen MR) is 170 cm³/mol. The van der Waals surface area contributed by atoms with Crippen molar-refractivity contribution in [2.45, 2.75) is 46.8 Å². The quantitative estimate of drug-likeness (QED) is 0.215. The summed E-state index contributed by atoms with van der Waals surface area (Å²) in [6, 6.07) is 10.1. The number of rotatable bonds is 11. The molecule has 43 heavy (non-hydrogen) atoms. The minimum absolute atomic E-state index is 0.130. The summed E-state index contributed by atoms with van der Waals surface area (Å²) in [6.07, 6.45) is 1.62. The molecule has 3 aromatic rings. The first-order valence-electron chi connectivity index (χ1n) is 13.7. The second-order valence-corrected chi connectivity index (χ2v) is 11.8. The van der Waals surface area contributed by atoms with Crippen LogP contribution < -0.4 is 29.1 Å². The summed E-state index contributed by atoms with van der Waals surface area (Å²) in [7, 11) is 1.29. The highest BCUT2D eigenvalue weighted by Crippen LogP contribution is 2.37. The molecule has 4 rings (SSSR count). The first kappa shape index (κ1) is 32.3. The number of para-hydroxylation sites is 1. The molecule has 10 nitrogen and oxygen atoms in total. The van der Waals surface area contributed by atoms with Crippen LogP contribution in [0.3, 0.4) is 0 Å². The third-order valence-electron chi connectivity index (χ3n) is 6.28. The molecule has 0 fully saturated rings. The SMILES string of the molecule is CCOC(=O)C1=C(C)N=c2s/c(=C/c3cc(I)c(OCC(=O)OC)c(OCC)c3)c(=O)n2[C@@H]1c1ccccc1OC(C)C. The zero-order valence-corrected chi connectivity index (χ0v) is 27.7. The van der Waals surface area contributed by atoms with E-state index < -0.39 is 18.0 Å². The molecule has 0 saturated carbocycles. The highest BCUT2D eigenvalue weighted by atomic mass is 127. The van der Waals surface area contributed by atoms with Crippen LogP contribution in [0, 0.1) is 3.57 Å². The maximum atomic E-state index is 14.1. The van der Waals surface area contributed by atoms with Crippen LogP contribution in [0.1, 0.15) is 51.8 Å². The normalized spacial score (nSPS) is 14.7. The molecule has 2 heterocycles. The van der Waals surface area contributed by atoms with E-state index in [1.807, 2.05) is 51.1 Å². The molecule has 0 amide bonds. The van der Waals surface area contributed by atoms with Gasteiger partial charge in [-0.2, -0.15) is 0 Å². The minimum Gasteiger partial charge on any atom is -0.491 e. The number of nitrogens with zero attached hydrogens (tertiary/aromatic N) is 2. The Balaban J connectivity index is 1.90. The Kier molecular flexibility index (Phi) is 10.7. The van der Waals surface area contributed by atoms with Gasteiger partial charge in [0.2, 0.25) is 0 Å². The Bertz CT molecular complexity index is 1740. The van der Waals surface area contributed by atoms with Gasteiger partial charge >= 0.3 is 11.9 Å². The molecular weight excluding hydrogens is 687 g/mol. The number of thiazole rings is 1. The molecular formula is C31H33IN2O8S. The van der Waals surface area contributed by atoms with Crippen LogP contribution in [0.2, 0.25) is 0 Å². The number of hydrogen-bond donors (Lipinski definition) is 0. The lowest BCUT2D eigenvalue weighted by atomic mass is 9.95. The van der Waals surface area contributed by atoms with E-state index in [2.05, 4.69) is 32.3 Å². The Morgan fingerprint density at radius 1 is 1.12 bits per heavy atom. The topological polar surface area (TPSA) is 115 Å². The van der Waals surface area contributed by atoms with Crippen molar-refractivity contribution in [2.75, 3.05) is 26.9 Å². The highest BCUT2D eigenvalue weighted by Gasteiger charge is 2.35. The maximum absolute atomic E-state index is 14.1. The number of carbonyl (C=O) groups is 2. The second kappa shape index (κ2) is 14.2. The standard InChI is InChI=1S/C31H33IN2O8S/c1-7-39-23-14-19(13-21(32)28(23)41-16-25(35)38-6)15-24-29(36)34-27(20-11-9-10-12-22(20)42-17(3)4)26(30(37)40-8-2)18(5)33-31(34)43-24/h9-15,17,27H,7-8,16H2,1-6H3/b24-15+/t27-/m1/s1. The Morgan fingerprint density at radius 3 is 2.53 bits per heavy atom. The number of halogens is 1. The minimum atomic E-state index is -0.805. The summed E-state index contributed by atoms with van der Waals surface area (Å²) in [6.45, 7) is 9.42. The molecule has 0 radical (unpaired) electrons. The molecule has 2 aromatic carbocycles. The number of hydrogen-bond acceptors (Lipinski definition) is 10. The molecule has 1 atom stereocenters. The van der Waals surface area contributed by atoms with E-state index in [0.717, 1.165) is 0 Å². The van der Waals surface area contributed by atoms with E-state index in [9.17, 15) is 14.4 Å². The number of benzene rings is 2. The van der Waals surface area contributed by atoms with Crippen molar-refractivity contribution in [2.24, 2.45) is 4.99 Å². The van der Waals surface area contributed by atoms with Crippen molar-refractivity contribution in [1.82, 2.24) is 4.57 Å². The molecule has 0 unspecified atom stereocenters. The zero-order valence-electron chi connectivity index (χ0n) is 24.8. The van der Waals surface area contributed by atoms with Gasteiger partial charge in [0.25, 0.3) is 5.56 Å². The number of carbonyl (C=O) groups excluding carboxylic acids is 2. The van der Waals surface area contributed by atoms with Gasteiger partial charge in [-0.1, -0.05) is 29.5 Å². The summed E-state index contributed by atoms with van der Waals surface area (Å²) in [5.74, 6) is 0.335. The molecule has 0 N–H and O–H groups in total. The van der Waals surface area contributed by atoms with Gasteiger partial charge in [0, 0.05) is 5.56 Å². The van der Waals surface area contributed by atoms with Crippen LogP contribution >= 0.6 is 33.9 Å². The number of fused-ring (bicyclic) bond motifs is 1. The summed E-state index contributed by atoms with van der Waals surface area (Å²) >= 11 is 3.31. The molecule has 1 aromatic heterocycles. The summed E-state index contributed by atoms with van der Waals surface area (Å²) in [5, 5.41) is 0. The van der Waals surface area contributed by atoms with Crippen molar-refractivity contribution in [1.29, 1.82) is 0 Å². The lowest BCUT2D eigenvalue weighted by Gasteiger charge is -2.26. The van der Waals surface area contributed by atoms with Crippen LogP contribution in [-0.4, -0.2) is 49.5 Å². The molecule has 0 spiro atoms. The Labute approximate surface area is 266 Å².